The maximum Gasteiger partial charge on any atom is 0.474 e. The Morgan fingerprint density at radius 1 is 1.00 bits per heavy atom. The molecule has 0 aliphatic carbocycles. The van der Waals surface area contributed by atoms with E-state index in [-0.39, 0.29) is 6.61 Å². The number of nitrogens with one attached hydrogen (secondary N) is 1. The van der Waals surface area contributed by atoms with Crippen molar-refractivity contribution in [2.45, 2.75) is 101 Å². The second kappa shape index (κ2) is 16.0. The second-order valence-electron chi connectivity index (χ2n) is 13.4. The van der Waals surface area contributed by atoms with Crippen LogP contribution in [0.1, 0.15) is 72.9 Å². The summed E-state index contributed by atoms with van der Waals surface area (Å²) >= 11 is 7.88. The molecule has 0 aliphatic heterocycles. The highest BCUT2D eigenvalue weighted by atomic mass is 35.5. The maximum absolute atomic E-state index is 13.5. The number of carbonyl (C=O) groups excluding carboxylic acids is 1. The minimum atomic E-state index is -4.44. The summed E-state index contributed by atoms with van der Waals surface area (Å²) in [5.74, 6) is -0.417. The van der Waals surface area contributed by atoms with Crippen molar-refractivity contribution < 1.29 is 45.3 Å². The molecule has 263 valence electrons. The highest BCUT2D eigenvalue weighted by molar-refractivity contribution is 7.99. The summed E-state index contributed by atoms with van der Waals surface area (Å²) in [5, 5.41) is 3.52. The molecule has 0 heterocycles. The number of hydrogen-bond donors (Lipinski definition) is 1. The number of carbonyl (C=O) groups is 1. The Kier molecular flexibility index (Phi) is 14.1. The Labute approximate surface area is 289 Å². The fourth-order valence-corrected chi connectivity index (χ4v) is 8.48. The number of phosphoric ester groups is 1. The zero-order valence-corrected chi connectivity index (χ0v) is 31.9. The Morgan fingerprint density at radius 2 is 1.60 bits per heavy atom. The van der Waals surface area contributed by atoms with E-state index in [4.69, 9.17) is 34.3 Å². The molecule has 1 amide bonds. The molecule has 0 aliphatic rings. The third kappa shape index (κ3) is 10.7. The van der Waals surface area contributed by atoms with E-state index in [1.807, 2.05) is 33.8 Å². The van der Waals surface area contributed by atoms with Crippen molar-refractivity contribution in [2.24, 2.45) is 11.3 Å². The summed E-state index contributed by atoms with van der Waals surface area (Å²) in [6, 6.07) is 10.4. The van der Waals surface area contributed by atoms with Crippen molar-refractivity contribution in [3.05, 3.63) is 58.6 Å². The lowest BCUT2D eigenvalue weighted by atomic mass is 9.57. The van der Waals surface area contributed by atoms with E-state index in [1.165, 1.54) is 32.0 Å². The molecule has 2 rings (SSSR count). The molecule has 0 aromatic heterocycles. The van der Waals surface area contributed by atoms with Gasteiger partial charge in [0.05, 0.1) is 17.7 Å². The third-order valence-electron chi connectivity index (χ3n) is 7.83. The molecule has 3 atom stereocenters. The van der Waals surface area contributed by atoms with E-state index < -0.39 is 53.7 Å². The first-order chi connectivity index (χ1) is 21.5. The fourth-order valence-electron chi connectivity index (χ4n) is 5.96. The summed E-state index contributed by atoms with van der Waals surface area (Å²) in [4.78, 5) is 14.6. The topological polar surface area (TPSA) is 92.3 Å². The summed E-state index contributed by atoms with van der Waals surface area (Å²) in [7, 11) is 1.33. The van der Waals surface area contributed by atoms with Gasteiger partial charge in [-0.3, -0.25) is 13.6 Å². The number of phosphoric acid groups is 1. The molecule has 47 heavy (non-hydrogen) atoms. The van der Waals surface area contributed by atoms with Crippen LogP contribution in [0.2, 0.25) is 5.02 Å². The van der Waals surface area contributed by atoms with Crippen LogP contribution in [0.25, 0.3) is 0 Å². The van der Waals surface area contributed by atoms with Crippen LogP contribution in [0.4, 0.5) is 18.0 Å². The quantitative estimate of drug-likeness (QED) is 0.151. The second-order valence-corrected chi connectivity index (χ2v) is 17.1. The van der Waals surface area contributed by atoms with Gasteiger partial charge in [-0.2, -0.15) is 13.2 Å². The number of rotatable bonds is 14. The average molecular weight is 739 g/mol. The number of halogens is 4. The first kappa shape index (κ1) is 41.6. The lowest BCUT2D eigenvalue weighted by Crippen LogP contribution is -2.74. The zero-order valence-electron chi connectivity index (χ0n) is 28.5. The SMILES string of the molecule is COP(=O)(OC)OC(C)(CO[Si])C(NC(=O)OC(C)(C)C)(C(C)CCc1ccc(Sc2cccc(C(F)(F)F)c2)cc1Cl)C(C)(C)C. The van der Waals surface area contributed by atoms with Gasteiger partial charge in [-0.05, 0) is 87.8 Å². The van der Waals surface area contributed by atoms with Gasteiger partial charge in [-0.15, -0.1) is 0 Å². The largest absolute Gasteiger partial charge is 0.474 e. The molecule has 15 heteroatoms. The van der Waals surface area contributed by atoms with Crippen molar-refractivity contribution in [1.82, 2.24) is 5.32 Å². The van der Waals surface area contributed by atoms with Crippen molar-refractivity contribution in [3.63, 3.8) is 0 Å². The monoisotopic (exact) mass is 738 g/mol. The molecular weight excluding hydrogens is 694 g/mol. The molecule has 0 fully saturated rings. The first-order valence-corrected chi connectivity index (χ1v) is 17.9. The Morgan fingerprint density at radius 3 is 2.09 bits per heavy atom. The van der Waals surface area contributed by atoms with Gasteiger partial charge in [0.2, 0.25) is 10.5 Å². The standard InChI is InChI=1S/C32H45ClF3NO7PSSi/c1-21(14-15-22-16-17-25(19-26(22)33)46-24-13-11-12-23(18-24)32(34,35)36)31(28(2,3)4,37-27(38)43-29(5,6)7)30(8,20-42-47)44-45(39,40-9)41-10/h11-13,16-19,21H,14-15,20H2,1-10H3,(H,37,38). The van der Waals surface area contributed by atoms with Crippen LogP contribution in [0, 0.1) is 11.3 Å². The number of ether oxygens (including phenoxy) is 1. The number of alkyl carbamates (subject to hydrolysis) is 1. The summed E-state index contributed by atoms with van der Waals surface area (Å²) in [5.41, 5.74) is -4.44. The minimum absolute atomic E-state index is 0.194. The summed E-state index contributed by atoms with van der Waals surface area (Å²) < 4.78 is 80.6. The molecule has 2 aromatic rings. The van der Waals surface area contributed by atoms with Crippen LogP contribution in [0.5, 0.6) is 0 Å². The number of aryl methyl sites for hydroxylation is 1. The lowest BCUT2D eigenvalue weighted by Gasteiger charge is -2.58. The van der Waals surface area contributed by atoms with Gasteiger partial charge in [0.15, 0.2) is 0 Å². The highest BCUT2D eigenvalue weighted by Gasteiger charge is 2.62. The summed E-state index contributed by atoms with van der Waals surface area (Å²) in [6.07, 6.45) is -4.28. The Balaban J connectivity index is 2.53. The van der Waals surface area contributed by atoms with Gasteiger partial charge < -0.3 is 14.5 Å². The number of benzene rings is 2. The van der Waals surface area contributed by atoms with Gasteiger partial charge in [-0.25, -0.2) is 9.36 Å². The number of hydrogen-bond acceptors (Lipinski definition) is 8. The third-order valence-corrected chi connectivity index (χ3v) is 10.8. The molecule has 8 nitrogen and oxygen atoms in total. The number of alkyl halides is 3. The van der Waals surface area contributed by atoms with Gasteiger partial charge >= 0.3 is 20.1 Å². The molecule has 3 unspecified atom stereocenters. The Bertz CT molecular complexity index is 1410. The molecule has 1 N–H and O–H groups in total. The predicted molar refractivity (Wildman–Crippen MR) is 179 cm³/mol. The van der Waals surface area contributed by atoms with Gasteiger partial charge in [0.25, 0.3) is 0 Å². The molecule has 0 saturated heterocycles. The van der Waals surface area contributed by atoms with E-state index in [9.17, 15) is 22.5 Å². The smallest absolute Gasteiger partial charge is 0.444 e. The van der Waals surface area contributed by atoms with E-state index in [0.29, 0.717) is 27.7 Å². The molecule has 3 radical (unpaired) electrons. The molecule has 2 aromatic carbocycles. The van der Waals surface area contributed by atoms with E-state index >= 15 is 0 Å². The van der Waals surface area contributed by atoms with E-state index in [0.717, 1.165) is 17.7 Å². The van der Waals surface area contributed by atoms with E-state index in [1.54, 1.807) is 45.9 Å². The van der Waals surface area contributed by atoms with Crippen molar-refractivity contribution in [3.8, 4) is 0 Å². The minimum Gasteiger partial charge on any atom is -0.444 e. The van der Waals surface area contributed by atoms with Gasteiger partial charge in [-0.1, -0.05) is 63.2 Å². The molecule has 0 saturated carbocycles. The molecule has 0 bridgehead atoms. The van der Waals surface area contributed by atoms with Crippen molar-refractivity contribution in [1.29, 1.82) is 0 Å². The fraction of sp³-hybridized carbons (Fsp3) is 0.594. The van der Waals surface area contributed by atoms with Gasteiger partial charge in [0.1, 0.15) is 11.2 Å². The summed E-state index contributed by atoms with van der Waals surface area (Å²) in [6.45, 7) is 14.3. The van der Waals surface area contributed by atoms with Crippen LogP contribution in [-0.2, 0) is 39.9 Å². The van der Waals surface area contributed by atoms with Crippen LogP contribution < -0.4 is 5.32 Å². The molecular formula is C32H45ClF3NO7PSSi. The van der Waals surface area contributed by atoms with Crippen LogP contribution in [-0.4, -0.2) is 54.1 Å². The average Bonchev–Trinajstić information content (AvgIpc) is 2.93. The van der Waals surface area contributed by atoms with Crippen molar-refractivity contribution in [2.75, 3.05) is 20.8 Å². The van der Waals surface area contributed by atoms with Crippen LogP contribution in [0.15, 0.2) is 52.3 Å². The predicted octanol–water partition coefficient (Wildman–Crippen LogP) is 9.66. The normalized spacial score (nSPS) is 16.2. The van der Waals surface area contributed by atoms with Gasteiger partial charge in [0, 0.05) is 29.0 Å². The number of amides is 1. The Hall–Kier alpha value is -1.57. The zero-order chi connectivity index (χ0) is 36.1. The van der Waals surface area contributed by atoms with Crippen LogP contribution >= 0.6 is 31.2 Å². The highest BCUT2D eigenvalue weighted by Crippen LogP contribution is 2.58. The molecule has 0 spiro atoms. The lowest BCUT2D eigenvalue weighted by molar-refractivity contribution is -0.137. The maximum atomic E-state index is 13.5. The van der Waals surface area contributed by atoms with Crippen molar-refractivity contribution >= 4 is 47.8 Å². The first-order valence-electron chi connectivity index (χ1n) is 14.8. The van der Waals surface area contributed by atoms with E-state index in [2.05, 4.69) is 15.8 Å². The van der Waals surface area contributed by atoms with Crippen LogP contribution in [0.3, 0.4) is 0 Å².